The quantitative estimate of drug-likeness (QED) is 0.430. The van der Waals surface area contributed by atoms with Gasteiger partial charge >= 0.3 is 12.0 Å². The summed E-state index contributed by atoms with van der Waals surface area (Å²) in [6.07, 6.45) is 0.429. The number of rotatable bonds is 11. The molecule has 2 rings (SSSR count). The van der Waals surface area contributed by atoms with Crippen LogP contribution in [0, 0.1) is 0 Å². The van der Waals surface area contributed by atoms with Crippen molar-refractivity contribution in [2.75, 3.05) is 33.0 Å². The van der Waals surface area contributed by atoms with Crippen LogP contribution in [0.25, 0.3) is 0 Å². The first kappa shape index (κ1) is 25.7. The Morgan fingerprint density at radius 2 is 1.85 bits per heavy atom. The summed E-state index contributed by atoms with van der Waals surface area (Å²) in [7, 11) is -1.71. The molecule has 2 aromatic rings. The van der Waals surface area contributed by atoms with Crippen molar-refractivity contribution in [1.29, 1.82) is 0 Å². The number of carbonyl (C=O) groups is 2. The van der Waals surface area contributed by atoms with Gasteiger partial charge in [0.1, 0.15) is 17.6 Å². The molecule has 0 saturated heterocycles. The van der Waals surface area contributed by atoms with Crippen LogP contribution in [0.4, 0.5) is 15.1 Å². The number of anilines is 1. The highest BCUT2D eigenvalue weighted by molar-refractivity contribution is 7.90. The highest BCUT2D eigenvalue weighted by atomic mass is 32.2. The van der Waals surface area contributed by atoms with Gasteiger partial charge in [-0.2, -0.15) is 9.97 Å². The molecule has 0 saturated carbocycles. The van der Waals surface area contributed by atoms with Crippen LogP contribution in [-0.2, 0) is 30.7 Å². The Kier molecular flexibility index (Phi) is 9.23. The Morgan fingerprint density at radius 1 is 1.18 bits per heavy atom. The standard InChI is InChI=1S/C18H22FN5O8S/c1-11(32-16(25)9-31-10-19)7-12-13(5-4-6-20-12)33(27,28)24-18(26)23-17-21-14(29-2)8-15(22-17)30-3/h4-6,8,11H,7,9-10H2,1-3H3,(H2,21,22,23,24,26). The second-order valence-electron chi connectivity index (χ2n) is 6.25. The first-order valence-corrected chi connectivity index (χ1v) is 10.7. The molecule has 1 atom stereocenters. The van der Waals surface area contributed by atoms with Crippen molar-refractivity contribution in [3.8, 4) is 11.8 Å². The van der Waals surface area contributed by atoms with E-state index in [1.165, 1.54) is 45.5 Å². The average Bonchev–Trinajstić information content (AvgIpc) is 2.77. The number of esters is 1. The van der Waals surface area contributed by atoms with Crippen LogP contribution in [0.15, 0.2) is 29.3 Å². The molecule has 0 spiro atoms. The Balaban J connectivity index is 2.12. The molecule has 13 nitrogen and oxygen atoms in total. The predicted molar refractivity (Wildman–Crippen MR) is 110 cm³/mol. The third-order valence-electron chi connectivity index (χ3n) is 3.80. The number of carbonyl (C=O) groups excluding carboxylic acids is 2. The third kappa shape index (κ3) is 7.80. The second kappa shape index (κ2) is 11.9. The van der Waals surface area contributed by atoms with Gasteiger partial charge in [0.2, 0.25) is 17.7 Å². The van der Waals surface area contributed by atoms with Crippen LogP contribution in [0.5, 0.6) is 11.8 Å². The van der Waals surface area contributed by atoms with Crippen LogP contribution >= 0.6 is 0 Å². The SMILES string of the molecule is COc1cc(OC)nc(NC(=O)NS(=O)(=O)c2cccnc2CC(C)OC(=O)COCF)n1. The van der Waals surface area contributed by atoms with Gasteiger partial charge in [-0.3, -0.25) is 10.3 Å². The molecule has 0 aliphatic rings. The predicted octanol–water partition coefficient (Wildman–Crippen LogP) is 0.817. The summed E-state index contributed by atoms with van der Waals surface area (Å²) in [5, 5.41) is 2.18. The summed E-state index contributed by atoms with van der Waals surface area (Å²) >= 11 is 0. The number of hydrogen-bond donors (Lipinski definition) is 2. The highest BCUT2D eigenvalue weighted by Crippen LogP contribution is 2.18. The molecule has 0 fully saturated rings. The Bertz CT molecular complexity index is 1060. The van der Waals surface area contributed by atoms with Crippen molar-refractivity contribution >= 4 is 28.0 Å². The van der Waals surface area contributed by atoms with E-state index in [0.717, 1.165) is 0 Å². The Labute approximate surface area is 188 Å². The third-order valence-corrected chi connectivity index (χ3v) is 5.20. The van der Waals surface area contributed by atoms with Gasteiger partial charge in [0, 0.05) is 12.6 Å². The van der Waals surface area contributed by atoms with E-state index in [4.69, 9.17) is 14.2 Å². The summed E-state index contributed by atoms with van der Waals surface area (Å²) < 4.78 is 58.6. The molecule has 180 valence electrons. The van der Waals surface area contributed by atoms with E-state index in [-0.39, 0.29) is 34.7 Å². The molecule has 1 unspecified atom stereocenters. The van der Waals surface area contributed by atoms with E-state index in [9.17, 15) is 22.4 Å². The number of pyridine rings is 1. The summed E-state index contributed by atoms with van der Waals surface area (Å²) in [4.78, 5) is 35.3. The number of sulfonamides is 1. The average molecular weight is 487 g/mol. The second-order valence-corrected chi connectivity index (χ2v) is 7.90. The molecule has 2 aromatic heterocycles. The van der Waals surface area contributed by atoms with Crippen LogP contribution in [-0.4, -0.2) is 69.2 Å². The number of hydrogen-bond acceptors (Lipinski definition) is 11. The van der Waals surface area contributed by atoms with Crippen molar-refractivity contribution in [1.82, 2.24) is 19.7 Å². The molecule has 2 heterocycles. The molecule has 2 N–H and O–H groups in total. The van der Waals surface area contributed by atoms with Crippen molar-refractivity contribution in [2.24, 2.45) is 0 Å². The van der Waals surface area contributed by atoms with Gasteiger partial charge in [0.25, 0.3) is 10.0 Å². The van der Waals surface area contributed by atoms with Gasteiger partial charge in [-0.25, -0.2) is 27.1 Å². The van der Waals surface area contributed by atoms with Gasteiger partial charge < -0.3 is 18.9 Å². The smallest absolute Gasteiger partial charge is 0.335 e. The molecular formula is C18H22FN5O8S. The molecule has 33 heavy (non-hydrogen) atoms. The van der Waals surface area contributed by atoms with E-state index in [1.807, 2.05) is 4.72 Å². The van der Waals surface area contributed by atoms with E-state index in [1.54, 1.807) is 0 Å². The summed E-state index contributed by atoms with van der Waals surface area (Å²) in [6, 6.07) is 2.80. The van der Waals surface area contributed by atoms with Crippen LogP contribution in [0.2, 0.25) is 0 Å². The monoisotopic (exact) mass is 487 g/mol. The number of nitrogens with one attached hydrogen (secondary N) is 2. The summed E-state index contributed by atoms with van der Waals surface area (Å²) in [5.41, 5.74) is 0.0313. The number of methoxy groups -OCH3 is 2. The fourth-order valence-corrected chi connectivity index (χ4v) is 3.60. The molecule has 0 aliphatic heterocycles. The van der Waals surface area contributed by atoms with Crippen molar-refractivity contribution < 1.29 is 41.3 Å². The normalized spacial score (nSPS) is 11.9. The maximum Gasteiger partial charge on any atom is 0.335 e. The lowest BCUT2D eigenvalue weighted by Crippen LogP contribution is -2.35. The van der Waals surface area contributed by atoms with Gasteiger partial charge in [-0.05, 0) is 19.1 Å². The lowest BCUT2D eigenvalue weighted by Gasteiger charge is -2.15. The number of nitrogens with zero attached hydrogens (tertiary/aromatic N) is 3. The van der Waals surface area contributed by atoms with E-state index in [2.05, 4.69) is 25.0 Å². The first-order valence-electron chi connectivity index (χ1n) is 9.26. The minimum atomic E-state index is -4.39. The fraction of sp³-hybridized carbons (Fsp3) is 0.389. The maximum absolute atomic E-state index is 12.8. The molecule has 0 radical (unpaired) electrons. The minimum absolute atomic E-state index is 0.0313. The van der Waals surface area contributed by atoms with Crippen molar-refractivity contribution in [2.45, 2.75) is 24.3 Å². The summed E-state index contributed by atoms with van der Waals surface area (Å²) in [5.74, 6) is -0.932. The topological polar surface area (TPSA) is 168 Å². The molecular weight excluding hydrogens is 465 g/mol. The fourth-order valence-electron chi connectivity index (χ4n) is 2.49. The van der Waals surface area contributed by atoms with Crippen molar-refractivity contribution in [3.05, 3.63) is 30.1 Å². The van der Waals surface area contributed by atoms with Crippen LogP contribution in [0.1, 0.15) is 12.6 Å². The van der Waals surface area contributed by atoms with Crippen LogP contribution in [0.3, 0.4) is 0 Å². The van der Waals surface area contributed by atoms with Gasteiger partial charge in [0.15, 0.2) is 6.86 Å². The van der Waals surface area contributed by atoms with E-state index < -0.39 is 41.6 Å². The molecule has 0 bridgehead atoms. The van der Waals surface area contributed by atoms with E-state index in [0.29, 0.717) is 0 Å². The Morgan fingerprint density at radius 3 is 2.45 bits per heavy atom. The number of amides is 2. The summed E-state index contributed by atoms with van der Waals surface area (Å²) in [6.45, 7) is -0.243. The van der Waals surface area contributed by atoms with Gasteiger partial charge in [-0.15, -0.1) is 0 Å². The first-order chi connectivity index (χ1) is 15.7. The zero-order chi connectivity index (χ0) is 24.4. The van der Waals surface area contributed by atoms with Gasteiger partial charge in [0.05, 0.1) is 26.0 Å². The molecule has 2 amide bonds. The zero-order valence-electron chi connectivity index (χ0n) is 17.9. The molecule has 0 aromatic carbocycles. The lowest BCUT2D eigenvalue weighted by atomic mass is 10.2. The zero-order valence-corrected chi connectivity index (χ0v) is 18.7. The van der Waals surface area contributed by atoms with E-state index >= 15 is 0 Å². The largest absolute Gasteiger partial charge is 0.481 e. The molecule has 0 aliphatic carbocycles. The number of alkyl halides is 1. The van der Waals surface area contributed by atoms with Gasteiger partial charge in [-0.1, -0.05) is 0 Å². The van der Waals surface area contributed by atoms with Crippen molar-refractivity contribution in [3.63, 3.8) is 0 Å². The molecule has 15 heteroatoms. The lowest BCUT2D eigenvalue weighted by molar-refractivity contribution is -0.155. The number of aromatic nitrogens is 3. The van der Waals surface area contributed by atoms with Crippen LogP contribution < -0.4 is 19.5 Å². The number of urea groups is 1. The maximum atomic E-state index is 12.8. The number of halogens is 1. The minimum Gasteiger partial charge on any atom is -0.481 e. The highest BCUT2D eigenvalue weighted by Gasteiger charge is 2.24. The number of ether oxygens (including phenoxy) is 4. The Hall–Kier alpha value is -3.59.